The number of aryl methyl sites for hydroxylation is 1. The third kappa shape index (κ3) is 3.63. The summed E-state index contributed by atoms with van der Waals surface area (Å²) in [4.78, 5) is 19.2. The van der Waals surface area contributed by atoms with E-state index in [0.717, 1.165) is 36.2 Å². The van der Waals surface area contributed by atoms with Crippen molar-refractivity contribution in [2.45, 2.75) is 25.7 Å². The SMILES string of the molecule is CNc1cc(C(=O)N2CCCC(c3[nH]ncc3-c3ccc(C)cc3)C2)ccn1. The van der Waals surface area contributed by atoms with Crippen molar-refractivity contribution in [1.82, 2.24) is 20.1 Å². The van der Waals surface area contributed by atoms with Crippen LogP contribution in [0, 0.1) is 6.92 Å². The van der Waals surface area contributed by atoms with Gasteiger partial charge in [-0.2, -0.15) is 5.10 Å². The number of pyridine rings is 1. The Labute approximate surface area is 165 Å². The number of H-pyrrole nitrogens is 1. The molecule has 3 heterocycles. The summed E-state index contributed by atoms with van der Waals surface area (Å²) in [5, 5.41) is 10.5. The fourth-order valence-electron chi connectivity index (χ4n) is 3.85. The molecule has 3 aromatic rings. The lowest BCUT2D eigenvalue weighted by atomic mass is 9.90. The number of amides is 1. The number of piperidine rings is 1. The summed E-state index contributed by atoms with van der Waals surface area (Å²) in [5.41, 5.74) is 5.31. The molecule has 1 saturated heterocycles. The van der Waals surface area contributed by atoms with Gasteiger partial charge in [0.15, 0.2) is 0 Å². The van der Waals surface area contributed by atoms with Crippen molar-refractivity contribution in [3.8, 4) is 11.1 Å². The molecule has 1 unspecified atom stereocenters. The third-order valence-electron chi connectivity index (χ3n) is 5.41. The number of nitrogens with zero attached hydrogens (tertiary/aromatic N) is 3. The van der Waals surface area contributed by atoms with E-state index in [1.165, 1.54) is 5.56 Å². The molecule has 2 N–H and O–H groups in total. The van der Waals surface area contributed by atoms with E-state index < -0.39 is 0 Å². The highest BCUT2D eigenvalue weighted by Gasteiger charge is 2.28. The lowest BCUT2D eigenvalue weighted by Gasteiger charge is -2.33. The molecule has 0 radical (unpaired) electrons. The highest BCUT2D eigenvalue weighted by atomic mass is 16.2. The van der Waals surface area contributed by atoms with Crippen LogP contribution in [-0.2, 0) is 0 Å². The van der Waals surface area contributed by atoms with Gasteiger partial charge in [0, 0.05) is 49.1 Å². The van der Waals surface area contributed by atoms with Gasteiger partial charge in [0.2, 0.25) is 0 Å². The minimum atomic E-state index is 0.0556. The topological polar surface area (TPSA) is 73.9 Å². The smallest absolute Gasteiger partial charge is 0.254 e. The standard InChI is InChI=1S/C22H25N5O/c1-15-5-7-16(8-6-15)19-13-25-26-21(19)18-4-3-11-27(14-18)22(28)17-9-10-24-20(12-17)23-2/h5-10,12-13,18H,3-4,11,14H2,1-2H3,(H,23,24)(H,25,26). The largest absolute Gasteiger partial charge is 0.373 e. The Hall–Kier alpha value is -3.15. The molecule has 1 aromatic carbocycles. The molecule has 4 rings (SSSR count). The first-order valence-corrected chi connectivity index (χ1v) is 9.69. The molecule has 0 saturated carbocycles. The first-order valence-electron chi connectivity index (χ1n) is 9.69. The average molecular weight is 375 g/mol. The summed E-state index contributed by atoms with van der Waals surface area (Å²) in [6, 6.07) is 12.1. The molecule has 1 fully saturated rings. The monoisotopic (exact) mass is 375 g/mol. The predicted octanol–water partition coefficient (Wildman–Crippen LogP) is 3.84. The number of benzene rings is 1. The molecule has 6 nitrogen and oxygen atoms in total. The van der Waals surface area contributed by atoms with Crippen molar-refractivity contribution in [1.29, 1.82) is 0 Å². The third-order valence-corrected chi connectivity index (χ3v) is 5.41. The molecule has 1 aliphatic heterocycles. The van der Waals surface area contributed by atoms with Crippen LogP contribution in [-0.4, -0.2) is 46.1 Å². The van der Waals surface area contributed by atoms with Gasteiger partial charge in [0.1, 0.15) is 5.82 Å². The van der Waals surface area contributed by atoms with Crippen molar-refractivity contribution >= 4 is 11.7 Å². The number of nitrogens with one attached hydrogen (secondary N) is 2. The number of carbonyl (C=O) groups excluding carboxylic acids is 1. The average Bonchev–Trinajstić information content (AvgIpc) is 3.24. The molecular formula is C22H25N5O. The minimum Gasteiger partial charge on any atom is -0.373 e. The summed E-state index contributed by atoms with van der Waals surface area (Å²) < 4.78 is 0. The Bertz CT molecular complexity index is 963. The zero-order valence-corrected chi connectivity index (χ0v) is 16.3. The molecule has 1 amide bonds. The molecular weight excluding hydrogens is 350 g/mol. The molecule has 0 bridgehead atoms. The van der Waals surface area contributed by atoms with Gasteiger partial charge in [0.05, 0.1) is 6.20 Å². The number of aromatic nitrogens is 3. The molecule has 144 valence electrons. The lowest BCUT2D eigenvalue weighted by molar-refractivity contribution is 0.0706. The fourth-order valence-corrected chi connectivity index (χ4v) is 3.85. The number of hydrogen-bond donors (Lipinski definition) is 2. The van der Waals surface area contributed by atoms with Gasteiger partial charge < -0.3 is 10.2 Å². The Morgan fingerprint density at radius 3 is 2.86 bits per heavy atom. The summed E-state index contributed by atoms with van der Waals surface area (Å²) >= 11 is 0. The molecule has 0 spiro atoms. The Balaban J connectivity index is 1.55. The van der Waals surface area contributed by atoms with Crippen molar-refractivity contribution in [3.63, 3.8) is 0 Å². The van der Waals surface area contributed by atoms with Crippen molar-refractivity contribution in [3.05, 3.63) is 65.6 Å². The second-order valence-electron chi connectivity index (χ2n) is 7.33. The Morgan fingerprint density at radius 2 is 2.07 bits per heavy atom. The van der Waals surface area contributed by atoms with Gasteiger partial charge in [-0.05, 0) is 37.5 Å². The highest BCUT2D eigenvalue weighted by Crippen LogP contribution is 2.33. The fraction of sp³-hybridized carbons (Fsp3) is 0.318. The second kappa shape index (κ2) is 7.84. The van der Waals surface area contributed by atoms with Gasteiger partial charge in [-0.15, -0.1) is 0 Å². The molecule has 28 heavy (non-hydrogen) atoms. The van der Waals surface area contributed by atoms with Crippen LogP contribution in [0.15, 0.2) is 48.8 Å². The molecule has 1 atom stereocenters. The van der Waals surface area contributed by atoms with E-state index in [-0.39, 0.29) is 11.8 Å². The van der Waals surface area contributed by atoms with Gasteiger partial charge in [0.25, 0.3) is 5.91 Å². The zero-order chi connectivity index (χ0) is 19.5. The summed E-state index contributed by atoms with van der Waals surface area (Å²) in [5.74, 6) is 1.01. The Kier molecular flexibility index (Phi) is 5.10. The first-order chi connectivity index (χ1) is 13.7. The van der Waals surface area contributed by atoms with Gasteiger partial charge in [-0.25, -0.2) is 4.98 Å². The van der Waals surface area contributed by atoms with Gasteiger partial charge >= 0.3 is 0 Å². The van der Waals surface area contributed by atoms with Gasteiger partial charge in [-0.3, -0.25) is 9.89 Å². The number of likely N-dealkylation sites (tertiary alicyclic amines) is 1. The molecule has 6 heteroatoms. The lowest BCUT2D eigenvalue weighted by Crippen LogP contribution is -2.39. The van der Waals surface area contributed by atoms with E-state index in [1.54, 1.807) is 25.4 Å². The van der Waals surface area contributed by atoms with E-state index in [4.69, 9.17) is 0 Å². The zero-order valence-electron chi connectivity index (χ0n) is 16.3. The summed E-state index contributed by atoms with van der Waals surface area (Å²) in [6.45, 7) is 3.56. The second-order valence-corrected chi connectivity index (χ2v) is 7.33. The van der Waals surface area contributed by atoms with Crippen molar-refractivity contribution in [2.24, 2.45) is 0 Å². The number of hydrogen-bond acceptors (Lipinski definition) is 4. The van der Waals surface area contributed by atoms with E-state index in [0.29, 0.717) is 17.9 Å². The maximum absolute atomic E-state index is 13.0. The quantitative estimate of drug-likeness (QED) is 0.727. The number of aromatic amines is 1. The maximum atomic E-state index is 13.0. The number of anilines is 1. The van der Waals surface area contributed by atoms with Crippen LogP contribution in [0.5, 0.6) is 0 Å². The van der Waals surface area contributed by atoms with Crippen LogP contribution in [0.3, 0.4) is 0 Å². The van der Waals surface area contributed by atoms with E-state index in [2.05, 4.69) is 51.7 Å². The van der Waals surface area contributed by atoms with E-state index in [1.807, 2.05) is 11.1 Å². The van der Waals surface area contributed by atoms with E-state index >= 15 is 0 Å². The van der Waals surface area contributed by atoms with E-state index in [9.17, 15) is 4.79 Å². The van der Waals surface area contributed by atoms with Gasteiger partial charge in [-0.1, -0.05) is 29.8 Å². The van der Waals surface area contributed by atoms with Crippen LogP contribution in [0.1, 0.15) is 40.4 Å². The van der Waals surface area contributed by atoms with Crippen LogP contribution in [0.2, 0.25) is 0 Å². The minimum absolute atomic E-state index is 0.0556. The maximum Gasteiger partial charge on any atom is 0.254 e. The van der Waals surface area contributed by atoms with Crippen LogP contribution in [0.4, 0.5) is 5.82 Å². The molecule has 2 aromatic heterocycles. The normalized spacial score (nSPS) is 16.8. The molecule has 1 aliphatic rings. The van der Waals surface area contributed by atoms with Crippen molar-refractivity contribution in [2.75, 3.05) is 25.5 Å². The first kappa shape index (κ1) is 18.2. The van der Waals surface area contributed by atoms with Crippen LogP contribution < -0.4 is 5.32 Å². The van der Waals surface area contributed by atoms with Crippen molar-refractivity contribution < 1.29 is 4.79 Å². The predicted molar refractivity (Wildman–Crippen MR) is 110 cm³/mol. The summed E-state index contributed by atoms with van der Waals surface area (Å²) in [7, 11) is 1.80. The number of carbonyl (C=O) groups is 1. The number of rotatable bonds is 4. The summed E-state index contributed by atoms with van der Waals surface area (Å²) in [6.07, 6.45) is 5.59. The highest BCUT2D eigenvalue weighted by molar-refractivity contribution is 5.95. The van der Waals surface area contributed by atoms with Crippen LogP contribution >= 0.6 is 0 Å². The molecule has 0 aliphatic carbocycles. The Morgan fingerprint density at radius 1 is 1.25 bits per heavy atom. The van der Waals surface area contributed by atoms with Crippen LogP contribution in [0.25, 0.3) is 11.1 Å².